The minimum absolute atomic E-state index is 0.0342. The van der Waals surface area contributed by atoms with Crippen molar-refractivity contribution >= 4 is 29.6 Å². The number of phenols is 1. The third-order valence-electron chi connectivity index (χ3n) is 9.87. The molecular weight excluding hydrogens is 618 g/mol. The first-order valence-corrected chi connectivity index (χ1v) is 16.3. The van der Waals surface area contributed by atoms with E-state index in [1.165, 1.54) is 32.7 Å². The highest BCUT2D eigenvalue weighted by atomic mass is 32.2. The van der Waals surface area contributed by atoms with Crippen molar-refractivity contribution in [2.24, 2.45) is 0 Å². The maximum Gasteiger partial charge on any atom is 0.329 e. The van der Waals surface area contributed by atoms with Gasteiger partial charge in [-0.25, -0.2) is 4.79 Å². The van der Waals surface area contributed by atoms with Gasteiger partial charge in [0.25, 0.3) is 0 Å². The molecule has 5 heterocycles. The van der Waals surface area contributed by atoms with E-state index in [4.69, 9.17) is 23.7 Å². The summed E-state index contributed by atoms with van der Waals surface area (Å²) in [5.74, 6) is 0.223. The Morgan fingerprint density at radius 1 is 1.09 bits per heavy atom. The molecular formula is C32H37N3O10S. The van der Waals surface area contributed by atoms with E-state index in [0.29, 0.717) is 51.7 Å². The third-order valence-corrected chi connectivity index (χ3v) is 11.3. The summed E-state index contributed by atoms with van der Waals surface area (Å²) in [4.78, 5) is 42.1. The number of cyclic esters (lactones) is 1. The first kappa shape index (κ1) is 30.9. The van der Waals surface area contributed by atoms with Crippen LogP contribution in [-0.4, -0.2) is 95.5 Å². The molecule has 14 heteroatoms. The second-order valence-corrected chi connectivity index (χ2v) is 13.6. The molecule has 3 N–H and O–H groups in total. The summed E-state index contributed by atoms with van der Waals surface area (Å²) in [5, 5.41) is 26.2. The molecule has 5 aliphatic heterocycles. The first-order chi connectivity index (χ1) is 21.9. The van der Waals surface area contributed by atoms with Crippen LogP contribution in [0.1, 0.15) is 64.6 Å². The Morgan fingerprint density at radius 3 is 2.52 bits per heavy atom. The van der Waals surface area contributed by atoms with Crippen LogP contribution in [0.4, 0.5) is 0 Å². The van der Waals surface area contributed by atoms with E-state index in [0.717, 1.165) is 11.1 Å². The van der Waals surface area contributed by atoms with Gasteiger partial charge in [0, 0.05) is 47.9 Å². The number of aromatic hydroxyl groups is 1. The van der Waals surface area contributed by atoms with E-state index in [1.807, 2.05) is 24.9 Å². The van der Waals surface area contributed by atoms with Gasteiger partial charge in [0.15, 0.2) is 23.0 Å². The summed E-state index contributed by atoms with van der Waals surface area (Å²) in [7, 11) is 3.45. The molecule has 0 spiro atoms. The Morgan fingerprint density at radius 2 is 1.83 bits per heavy atom. The molecule has 2 saturated heterocycles. The van der Waals surface area contributed by atoms with Gasteiger partial charge in [-0.05, 0) is 38.4 Å². The number of thioether (sulfide) groups is 1. The lowest BCUT2D eigenvalue weighted by Crippen LogP contribution is -2.69. The number of nitrogens with zero attached hydrogens (tertiary/aromatic N) is 2. The second-order valence-electron chi connectivity index (χ2n) is 12.5. The molecule has 0 aliphatic carbocycles. The quantitative estimate of drug-likeness (QED) is 0.327. The maximum absolute atomic E-state index is 13.3. The van der Waals surface area contributed by atoms with Gasteiger partial charge in [0.2, 0.25) is 12.7 Å². The molecule has 0 saturated carbocycles. The van der Waals surface area contributed by atoms with Gasteiger partial charge in [-0.1, -0.05) is 6.07 Å². The lowest BCUT2D eigenvalue weighted by Gasteiger charge is -2.62. The summed E-state index contributed by atoms with van der Waals surface area (Å²) in [5.41, 5.74) is 4.24. The predicted molar refractivity (Wildman–Crippen MR) is 164 cm³/mol. The molecule has 13 nitrogen and oxygen atoms in total. The van der Waals surface area contributed by atoms with E-state index < -0.39 is 47.6 Å². The smallest absolute Gasteiger partial charge is 0.329 e. The highest BCUT2D eigenvalue weighted by molar-refractivity contribution is 7.99. The first-order valence-electron chi connectivity index (χ1n) is 15.2. The highest BCUT2D eigenvalue weighted by Gasteiger charge is 2.60. The molecule has 0 radical (unpaired) electrons. The monoisotopic (exact) mass is 655 g/mol. The van der Waals surface area contributed by atoms with E-state index in [9.17, 15) is 24.6 Å². The molecule has 1 amide bonds. The molecule has 1 unspecified atom stereocenters. The lowest BCUT2D eigenvalue weighted by molar-refractivity contribution is -0.184. The number of aryl methyl sites for hydroxylation is 1. The molecule has 46 heavy (non-hydrogen) atoms. The fourth-order valence-electron chi connectivity index (χ4n) is 8.12. The van der Waals surface area contributed by atoms with Crippen LogP contribution in [0.15, 0.2) is 6.07 Å². The van der Waals surface area contributed by atoms with Crippen LogP contribution >= 0.6 is 11.8 Å². The number of nitrogens with one attached hydrogen (secondary N) is 1. The Hall–Kier alpha value is -3.72. The Kier molecular flexibility index (Phi) is 7.54. The van der Waals surface area contributed by atoms with Crippen molar-refractivity contribution in [2.45, 2.75) is 75.8 Å². The molecule has 2 fully saturated rings. The Labute approximate surface area is 270 Å². The lowest BCUT2D eigenvalue weighted by atomic mass is 9.73. The number of esters is 2. The van der Waals surface area contributed by atoms with Crippen molar-refractivity contribution in [1.82, 2.24) is 15.1 Å². The van der Waals surface area contributed by atoms with Crippen LogP contribution in [0.2, 0.25) is 0 Å². The summed E-state index contributed by atoms with van der Waals surface area (Å²) in [6.45, 7) is 6.10. The molecule has 7 atom stereocenters. The topological polar surface area (TPSA) is 156 Å². The summed E-state index contributed by atoms with van der Waals surface area (Å²) >= 11 is 1.38. The van der Waals surface area contributed by atoms with Crippen LogP contribution in [0.25, 0.3) is 0 Å². The number of rotatable bonds is 3. The highest BCUT2D eigenvalue weighted by Crippen LogP contribution is 2.63. The number of hydrogen-bond donors (Lipinski definition) is 3. The minimum Gasteiger partial charge on any atom is -0.504 e. The van der Waals surface area contributed by atoms with Crippen molar-refractivity contribution in [2.75, 3.05) is 33.3 Å². The fraction of sp³-hybridized carbons (Fsp3) is 0.531. The van der Waals surface area contributed by atoms with Crippen molar-refractivity contribution in [1.29, 1.82) is 0 Å². The number of amides is 1. The number of methoxy groups -OCH3 is 1. The molecule has 2 aromatic carbocycles. The number of phenolic OH excluding ortho intramolecular Hbond substituents is 1. The Balaban J connectivity index is 1.52. The largest absolute Gasteiger partial charge is 0.504 e. The number of carbonyl (C=O) groups excluding carboxylic acids is 3. The predicted octanol–water partition coefficient (Wildman–Crippen LogP) is 2.16. The van der Waals surface area contributed by atoms with Crippen LogP contribution in [-0.2, 0) is 25.5 Å². The number of aliphatic hydroxyl groups is 1. The number of ether oxygens (including phenoxy) is 5. The van der Waals surface area contributed by atoms with E-state index in [-0.39, 0.29) is 36.9 Å². The van der Waals surface area contributed by atoms with Crippen molar-refractivity contribution < 1.29 is 48.3 Å². The number of likely N-dealkylation sites (N-methyl/N-ethyl adjacent to an activating group) is 1. The minimum atomic E-state index is -1.02. The van der Waals surface area contributed by atoms with Crippen LogP contribution in [0, 0.1) is 13.8 Å². The number of benzene rings is 2. The van der Waals surface area contributed by atoms with Gasteiger partial charge in [0.05, 0.1) is 30.5 Å². The van der Waals surface area contributed by atoms with Gasteiger partial charge >= 0.3 is 11.9 Å². The third kappa shape index (κ3) is 4.44. The molecule has 2 aromatic rings. The van der Waals surface area contributed by atoms with Gasteiger partial charge in [0.1, 0.15) is 24.6 Å². The molecule has 5 aliphatic rings. The van der Waals surface area contributed by atoms with Gasteiger partial charge in [-0.3, -0.25) is 19.4 Å². The number of piperazine rings is 1. The van der Waals surface area contributed by atoms with E-state index in [2.05, 4.69) is 10.2 Å². The average Bonchev–Trinajstić information content (AvgIpc) is 3.48. The SMILES string of the molecule is COc1c(C)cc2c(c1O)[C@@H]1C3[C@@H]4SC[C@H](NC(C)=O)C(=O)OC[C@@H](c5c6c(c(C)c(OC(C)=O)c54)OCO6)N3[C@@H](O)[C@H](C2)N1C. The maximum atomic E-state index is 13.3. The standard InChI is InChI=1S/C32H37N3O10S/c1-12-7-16-8-18-31(39)35-19-9-42-32(40)17(33-14(3)36)10-46-30(24(35)23(34(18)5)20(16)25(38)26(12)41-6)22-21(19)29-28(43-11-44-29)13(2)27(22)45-15(4)37/h7,17-19,23-24,30-31,38-39H,8-11H2,1-6H3,(H,33,36)/t17-,18-,19-,23+,24?,30+,31-/m0/s1. The van der Waals surface area contributed by atoms with Gasteiger partial charge in [-0.2, -0.15) is 0 Å². The van der Waals surface area contributed by atoms with Crippen LogP contribution in [0.5, 0.6) is 28.7 Å². The van der Waals surface area contributed by atoms with Crippen molar-refractivity contribution in [3.63, 3.8) is 0 Å². The number of aliphatic hydroxyl groups excluding tert-OH is 1. The number of carbonyl (C=O) groups is 3. The van der Waals surface area contributed by atoms with Crippen molar-refractivity contribution in [3.8, 4) is 28.7 Å². The Bertz CT molecular complexity index is 1670. The molecule has 4 bridgehead atoms. The molecule has 0 aromatic heterocycles. The van der Waals surface area contributed by atoms with Crippen LogP contribution < -0.4 is 24.3 Å². The normalized spacial score (nSPS) is 29.6. The number of hydrogen-bond acceptors (Lipinski definition) is 13. The summed E-state index contributed by atoms with van der Waals surface area (Å²) in [6.07, 6.45) is -0.567. The summed E-state index contributed by atoms with van der Waals surface area (Å²) in [6, 6.07) is -1.08. The zero-order chi connectivity index (χ0) is 32.8. The summed E-state index contributed by atoms with van der Waals surface area (Å²) < 4.78 is 29.4. The second kappa shape index (κ2) is 11.2. The van der Waals surface area contributed by atoms with Gasteiger partial charge < -0.3 is 39.2 Å². The van der Waals surface area contributed by atoms with Gasteiger partial charge in [-0.15, -0.1) is 11.8 Å². The average molecular weight is 656 g/mol. The number of fused-ring (bicyclic) bond motifs is 9. The zero-order valence-electron chi connectivity index (χ0n) is 26.4. The molecule has 246 valence electrons. The van der Waals surface area contributed by atoms with E-state index in [1.54, 1.807) is 6.92 Å². The van der Waals surface area contributed by atoms with Crippen molar-refractivity contribution in [3.05, 3.63) is 39.4 Å². The molecule has 7 rings (SSSR count). The van der Waals surface area contributed by atoms with E-state index >= 15 is 0 Å². The fourth-order valence-corrected chi connectivity index (χ4v) is 9.63. The zero-order valence-corrected chi connectivity index (χ0v) is 27.2. The van der Waals surface area contributed by atoms with Crippen LogP contribution in [0.3, 0.4) is 0 Å².